The molecule has 0 aliphatic heterocycles. The summed E-state index contributed by atoms with van der Waals surface area (Å²) in [6.45, 7) is 1.98. The molecule has 1 N–H and O–H groups in total. The highest BCUT2D eigenvalue weighted by atomic mass is 79.9. The predicted octanol–water partition coefficient (Wildman–Crippen LogP) is 4.57. The summed E-state index contributed by atoms with van der Waals surface area (Å²) >= 11 is 3.44. The van der Waals surface area contributed by atoms with Crippen LogP contribution in [-0.2, 0) is 10.2 Å². The Morgan fingerprint density at radius 3 is 2.43 bits per heavy atom. The molecule has 3 rings (SSSR count). The summed E-state index contributed by atoms with van der Waals surface area (Å²) in [5.74, 6) is -0.297. The molecule has 1 aliphatic rings. The Morgan fingerprint density at radius 2 is 1.86 bits per heavy atom. The minimum atomic E-state index is -0.491. The fraction of sp³-hybridized carbons (Fsp3) is 0.235. The first-order valence-electron chi connectivity index (χ1n) is 6.85. The molecule has 4 heteroatoms. The maximum absolute atomic E-state index is 13.0. The summed E-state index contributed by atoms with van der Waals surface area (Å²) in [6.07, 6.45) is 1.61. The van der Waals surface area contributed by atoms with Gasteiger partial charge in [0.25, 0.3) is 0 Å². The molecule has 0 heterocycles. The molecule has 1 fully saturated rings. The molecule has 1 saturated carbocycles. The highest BCUT2D eigenvalue weighted by molar-refractivity contribution is 9.10. The maximum atomic E-state index is 13.0. The predicted molar refractivity (Wildman–Crippen MR) is 84.8 cm³/mol. The Balaban J connectivity index is 1.81. The van der Waals surface area contributed by atoms with Crippen molar-refractivity contribution in [1.82, 2.24) is 0 Å². The van der Waals surface area contributed by atoms with Gasteiger partial charge >= 0.3 is 0 Å². The molecule has 0 unspecified atom stereocenters. The molecule has 0 spiro atoms. The third kappa shape index (κ3) is 2.72. The van der Waals surface area contributed by atoms with Crippen LogP contribution in [0.1, 0.15) is 24.0 Å². The Kier molecular flexibility index (Phi) is 3.57. The summed E-state index contributed by atoms with van der Waals surface area (Å²) in [7, 11) is 0. The number of hydrogen-bond acceptors (Lipinski definition) is 1. The zero-order valence-corrected chi connectivity index (χ0v) is 13.2. The number of carbonyl (C=O) groups excluding carboxylic acids is 1. The zero-order chi connectivity index (χ0) is 15.0. The van der Waals surface area contributed by atoms with Crippen LogP contribution in [0.15, 0.2) is 46.9 Å². The number of amides is 1. The van der Waals surface area contributed by atoms with Gasteiger partial charge in [0.2, 0.25) is 5.91 Å². The number of hydrogen-bond donors (Lipinski definition) is 1. The topological polar surface area (TPSA) is 29.1 Å². The van der Waals surface area contributed by atoms with Crippen LogP contribution >= 0.6 is 15.9 Å². The molecule has 1 amide bonds. The van der Waals surface area contributed by atoms with Crippen LogP contribution in [0.4, 0.5) is 10.1 Å². The minimum absolute atomic E-state index is 0.0177. The van der Waals surface area contributed by atoms with Gasteiger partial charge in [0.15, 0.2) is 0 Å². The van der Waals surface area contributed by atoms with Crippen molar-refractivity contribution < 1.29 is 9.18 Å². The second-order valence-corrected chi connectivity index (χ2v) is 6.36. The van der Waals surface area contributed by atoms with E-state index >= 15 is 0 Å². The first-order valence-corrected chi connectivity index (χ1v) is 7.64. The minimum Gasteiger partial charge on any atom is -0.325 e. The monoisotopic (exact) mass is 347 g/mol. The summed E-state index contributed by atoms with van der Waals surface area (Å²) in [5, 5.41) is 2.97. The van der Waals surface area contributed by atoms with Crippen molar-refractivity contribution in [1.29, 1.82) is 0 Å². The molecule has 2 aromatic rings. The van der Waals surface area contributed by atoms with Crippen molar-refractivity contribution >= 4 is 27.5 Å². The number of aryl methyl sites for hydroxylation is 1. The van der Waals surface area contributed by atoms with Gasteiger partial charge in [0.05, 0.1) is 5.41 Å². The molecule has 0 radical (unpaired) electrons. The average Bonchev–Trinajstić information content (AvgIpc) is 3.25. The quantitative estimate of drug-likeness (QED) is 0.865. The lowest BCUT2D eigenvalue weighted by Gasteiger charge is -2.16. The summed E-state index contributed by atoms with van der Waals surface area (Å²) in [4.78, 5) is 12.6. The molecule has 0 bridgehead atoms. The largest absolute Gasteiger partial charge is 0.325 e. The number of halogens is 2. The lowest BCUT2D eigenvalue weighted by Crippen LogP contribution is -2.27. The second kappa shape index (κ2) is 5.26. The van der Waals surface area contributed by atoms with Crippen molar-refractivity contribution in [3.63, 3.8) is 0 Å². The lowest BCUT2D eigenvalue weighted by molar-refractivity contribution is -0.118. The molecule has 21 heavy (non-hydrogen) atoms. The van der Waals surface area contributed by atoms with Crippen LogP contribution in [0.25, 0.3) is 0 Å². The Bertz CT molecular complexity index is 692. The third-order valence-corrected chi connectivity index (χ3v) is 4.89. The average molecular weight is 348 g/mol. The normalized spacial score (nSPS) is 15.6. The van der Waals surface area contributed by atoms with Gasteiger partial charge < -0.3 is 5.32 Å². The number of carbonyl (C=O) groups is 1. The summed E-state index contributed by atoms with van der Waals surface area (Å²) in [5.41, 5.74) is 2.25. The van der Waals surface area contributed by atoms with Crippen LogP contribution in [0.2, 0.25) is 0 Å². The molecule has 2 aromatic carbocycles. The van der Waals surface area contributed by atoms with Gasteiger partial charge in [-0.1, -0.05) is 28.1 Å². The first kappa shape index (κ1) is 14.3. The van der Waals surface area contributed by atoms with Crippen molar-refractivity contribution in [2.45, 2.75) is 25.2 Å². The lowest BCUT2D eigenvalue weighted by atomic mass is 9.95. The van der Waals surface area contributed by atoms with E-state index in [1.807, 2.05) is 25.1 Å². The molecular formula is C17H15BrFNO. The number of nitrogens with one attached hydrogen (secondary N) is 1. The molecular weight excluding hydrogens is 333 g/mol. The van der Waals surface area contributed by atoms with E-state index in [1.165, 1.54) is 12.1 Å². The molecule has 0 saturated heterocycles. The highest BCUT2D eigenvalue weighted by Crippen LogP contribution is 2.49. The first-order chi connectivity index (χ1) is 10.0. The molecule has 0 atom stereocenters. The molecule has 2 nitrogen and oxygen atoms in total. The fourth-order valence-electron chi connectivity index (χ4n) is 2.51. The number of rotatable bonds is 3. The Hall–Kier alpha value is -1.68. The van der Waals surface area contributed by atoms with E-state index < -0.39 is 5.41 Å². The number of benzene rings is 2. The van der Waals surface area contributed by atoms with E-state index in [0.29, 0.717) is 0 Å². The van der Waals surface area contributed by atoms with Gasteiger partial charge in [0.1, 0.15) is 5.82 Å². The van der Waals surface area contributed by atoms with Gasteiger partial charge in [-0.25, -0.2) is 4.39 Å². The number of anilines is 1. The van der Waals surface area contributed by atoms with Gasteiger partial charge in [-0.15, -0.1) is 0 Å². The maximum Gasteiger partial charge on any atom is 0.235 e. The van der Waals surface area contributed by atoms with Crippen molar-refractivity contribution in [3.8, 4) is 0 Å². The fourth-order valence-corrected chi connectivity index (χ4v) is 2.76. The molecule has 1 aliphatic carbocycles. The molecule has 108 valence electrons. The molecule has 0 aromatic heterocycles. The van der Waals surface area contributed by atoms with Gasteiger partial charge in [-0.05, 0) is 61.2 Å². The van der Waals surface area contributed by atoms with Crippen molar-refractivity contribution in [2.75, 3.05) is 5.32 Å². The van der Waals surface area contributed by atoms with Crippen LogP contribution in [0.3, 0.4) is 0 Å². The van der Waals surface area contributed by atoms with Crippen LogP contribution in [0.5, 0.6) is 0 Å². The van der Waals surface area contributed by atoms with Gasteiger partial charge in [-0.3, -0.25) is 4.79 Å². The smallest absolute Gasteiger partial charge is 0.235 e. The Morgan fingerprint density at radius 1 is 1.19 bits per heavy atom. The van der Waals surface area contributed by atoms with E-state index in [2.05, 4.69) is 21.2 Å². The van der Waals surface area contributed by atoms with E-state index in [0.717, 1.165) is 34.1 Å². The van der Waals surface area contributed by atoms with Crippen LogP contribution < -0.4 is 5.32 Å². The van der Waals surface area contributed by atoms with Crippen molar-refractivity contribution in [2.24, 2.45) is 0 Å². The van der Waals surface area contributed by atoms with Crippen LogP contribution in [-0.4, -0.2) is 5.91 Å². The van der Waals surface area contributed by atoms with Crippen molar-refractivity contribution in [3.05, 3.63) is 63.9 Å². The van der Waals surface area contributed by atoms with E-state index in [1.54, 1.807) is 12.1 Å². The standard InChI is InChI=1S/C17H15BrFNO/c1-11-10-14(6-7-15(11)18)20-16(21)17(8-9-17)12-2-4-13(19)5-3-12/h2-7,10H,8-9H2,1H3,(H,20,21). The van der Waals surface area contributed by atoms with E-state index in [-0.39, 0.29) is 11.7 Å². The second-order valence-electron chi connectivity index (χ2n) is 5.51. The van der Waals surface area contributed by atoms with Gasteiger partial charge in [-0.2, -0.15) is 0 Å². The third-order valence-electron chi connectivity index (χ3n) is 4.00. The SMILES string of the molecule is Cc1cc(NC(=O)C2(c3ccc(F)cc3)CC2)ccc1Br. The zero-order valence-electron chi connectivity index (χ0n) is 11.6. The van der Waals surface area contributed by atoms with Crippen LogP contribution in [0, 0.1) is 12.7 Å². The summed E-state index contributed by atoms with van der Waals surface area (Å²) < 4.78 is 14.0. The van der Waals surface area contributed by atoms with E-state index in [4.69, 9.17) is 0 Å². The van der Waals surface area contributed by atoms with Gasteiger partial charge in [0, 0.05) is 10.2 Å². The summed E-state index contributed by atoms with van der Waals surface area (Å²) in [6, 6.07) is 11.9. The van der Waals surface area contributed by atoms with E-state index in [9.17, 15) is 9.18 Å². The highest BCUT2D eigenvalue weighted by Gasteiger charge is 2.51. The Labute approximate surface area is 131 Å².